The molecule has 3 aromatic heterocycles. The lowest BCUT2D eigenvalue weighted by Crippen LogP contribution is -2.28. The van der Waals surface area contributed by atoms with Gasteiger partial charge in [0, 0.05) is 16.6 Å². The highest BCUT2D eigenvalue weighted by Gasteiger charge is 2.26. The van der Waals surface area contributed by atoms with Gasteiger partial charge in [-0.15, -0.1) is 17.8 Å². The molecular formula is C19H14N4OS. The van der Waals surface area contributed by atoms with Gasteiger partial charge in [-0.25, -0.2) is 9.98 Å². The quantitative estimate of drug-likeness (QED) is 0.737. The van der Waals surface area contributed by atoms with E-state index in [0.717, 1.165) is 16.2 Å². The van der Waals surface area contributed by atoms with Crippen molar-refractivity contribution in [1.82, 2.24) is 10.3 Å². The number of hydrogen-bond acceptors (Lipinski definition) is 6. The monoisotopic (exact) mass is 346 g/mol. The topological polar surface area (TPSA) is 62.8 Å². The molecule has 4 heterocycles. The van der Waals surface area contributed by atoms with Crippen molar-refractivity contribution in [1.29, 1.82) is 0 Å². The fourth-order valence-corrected chi connectivity index (χ4v) is 3.40. The Hall–Kier alpha value is -3.17. The Labute approximate surface area is 149 Å². The first-order valence-corrected chi connectivity index (χ1v) is 8.61. The highest BCUT2D eigenvalue weighted by Crippen LogP contribution is 2.32. The third-order valence-corrected chi connectivity index (χ3v) is 4.65. The van der Waals surface area contributed by atoms with Crippen LogP contribution >= 0.6 is 11.3 Å². The van der Waals surface area contributed by atoms with Crippen LogP contribution in [0.1, 0.15) is 22.2 Å². The number of terminal acetylenes is 1. The fourth-order valence-electron chi connectivity index (χ4n) is 2.64. The van der Waals surface area contributed by atoms with Crippen LogP contribution in [-0.2, 0) is 0 Å². The molecule has 0 bridgehead atoms. The Balaban J connectivity index is 1.92. The minimum Gasteiger partial charge on any atom is -0.463 e. The van der Waals surface area contributed by atoms with Crippen LogP contribution in [0, 0.1) is 12.3 Å². The van der Waals surface area contributed by atoms with Crippen LogP contribution in [0.4, 0.5) is 5.82 Å². The van der Waals surface area contributed by atoms with Crippen molar-refractivity contribution in [2.75, 3.05) is 6.54 Å². The fraction of sp³-hybridized carbons (Fsp3) is 0.105. The van der Waals surface area contributed by atoms with Crippen molar-refractivity contribution < 1.29 is 4.42 Å². The van der Waals surface area contributed by atoms with Crippen molar-refractivity contribution >= 4 is 28.7 Å². The summed E-state index contributed by atoms with van der Waals surface area (Å²) in [6, 6.07) is 11.3. The van der Waals surface area contributed by atoms with Crippen molar-refractivity contribution in [3.63, 3.8) is 0 Å². The summed E-state index contributed by atoms with van der Waals surface area (Å²) in [7, 11) is 0. The Kier molecular flexibility index (Phi) is 4.15. The molecule has 0 radical (unpaired) electrons. The molecule has 0 fully saturated rings. The number of hydrogen-bond donors (Lipinski definition) is 1. The SMILES string of the molecule is C#CCNC1=Nc2ncccc2C(c2ccco2)=NC1c1cccs1. The number of thiophene rings is 1. The number of rotatable bonds is 3. The number of aliphatic imine (C=N–C) groups is 2. The molecule has 0 saturated carbocycles. The normalized spacial score (nSPS) is 16.2. The summed E-state index contributed by atoms with van der Waals surface area (Å²) in [6.45, 7) is 0.370. The van der Waals surface area contributed by atoms with E-state index >= 15 is 0 Å². The molecule has 1 atom stereocenters. The summed E-state index contributed by atoms with van der Waals surface area (Å²) in [5.41, 5.74) is 1.56. The lowest BCUT2D eigenvalue weighted by Gasteiger charge is -2.14. The van der Waals surface area contributed by atoms with Gasteiger partial charge in [0.25, 0.3) is 0 Å². The van der Waals surface area contributed by atoms with Crippen molar-refractivity contribution in [2.45, 2.75) is 6.04 Å². The largest absolute Gasteiger partial charge is 0.463 e. The summed E-state index contributed by atoms with van der Waals surface area (Å²) in [6.07, 6.45) is 8.77. The molecule has 1 unspecified atom stereocenters. The molecule has 0 saturated heterocycles. The summed E-state index contributed by atoms with van der Waals surface area (Å²) in [4.78, 5) is 15.2. The van der Waals surface area contributed by atoms with E-state index in [0.29, 0.717) is 24.0 Å². The highest BCUT2D eigenvalue weighted by molar-refractivity contribution is 7.10. The number of amidine groups is 1. The van der Waals surface area contributed by atoms with Crippen LogP contribution in [0.3, 0.4) is 0 Å². The highest BCUT2D eigenvalue weighted by atomic mass is 32.1. The van der Waals surface area contributed by atoms with E-state index in [2.05, 4.69) is 16.2 Å². The third-order valence-electron chi connectivity index (χ3n) is 3.72. The van der Waals surface area contributed by atoms with Crippen molar-refractivity contribution in [3.8, 4) is 12.3 Å². The number of pyridine rings is 1. The van der Waals surface area contributed by atoms with Gasteiger partial charge < -0.3 is 9.73 Å². The molecule has 3 aromatic rings. The van der Waals surface area contributed by atoms with E-state index in [9.17, 15) is 0 Å². The van der Waals surface area contributed by atoms with Crippen LogP contribution in [0.15, 0.2) is 68.6 Å². The first-order chi connectivity index (χ1) is 12.4. The summed E-state index contributed by atoms with van der Waals surface area (Å²) in [5.74, 6) is 4.55. The lowest BCUT2D eigenvalue weighted by atomic mass is 10.1. The van der Waals surface area contributed by atoms with E-state index in [1.54, 1.807) is 23.8 Å². The van der Waals surface area contributed by atoms with Crippen LogP contribution in [0.25, 0.3) is 0 Å². The first-order valence-electron chi connectivity index (χ1n) is 7.73. The van der Waals surface area contributed by atoms with E-state index in [4.69, 9.17) is 20.8 Å². The van der Waals surface area contributed by atoms with Gasteiger partial charge >= 0.3 is 0 Å². The van der Waals surface area contributed by atoms with Crippen LogP contribution in [0.2, 0.25) is 0 Å². The number of aromatic nitrogens is 1. The minimum absolute atomic E-state index is 0.289. The van der Waals surface area contributed by atoms with Gasteiger partial charge in [0.05, 0.1) is 12.8 Å². The van der Waals surface area contributed by atoms with Crippen LogP contribution in [-0.4, -0.2) is 23.1 Å². The maximum atomic E-state index is 5.61. The lowest BCUT2D eigenvalue weighted by molar-refractivity contribution is 0.557. The minimum atomic E-state index is -0.289. The molecule has 0 amide bonds. The molecule has 0 aromatic carbocycles. The standard InChI is InChI=1S/C19H14N4OS/c1-2-9-20-19-17(15-8-5-12-25-15)22-16(14-7-4-11-24-14)13-6-3-10-21-18(13)23-19/h1,3-8,10-12,17H,9H2,(H,20,21,23). The van der Waals surface area contributed by atoms with Crippen molar-refractivity contribution in [2.24, 2.45) is 9.98 Å². The second-order valence-corrected chi connectivity index (χ2v) is 6.28. The number of nitrogens with one attached hydrogen (secondary N) is 1. The molecule has 25 heavy (non-hydrogen) atoms. The van der Waals surface area contributed by atoms with Gasteiger partial charge in [-0.05, 0) is 35.7 Å². The molecule has 1 aliphatic rings. The third kappa shape index (κ3) is 2.97. The second-order valence-electron chi connectivity index (χ2n) is 5.30. The van der Waals surface area contributed by atoms with E-state index in [-0.39, 0.29) is 6.04 Å². The Morgan fingerprint density at radius 2 is 2.20 bits per heavy atom. The van der Waals surface area contributed by atoms with Crippen molar-refractivity contribution in [3.05, 3.63) is 70.4 Å². The average Bonchev–Trinajstić information content (AvgIpc) is 3.32. The average molecular weight is 346 g/mol. The molecule has 0 spiro atoms. The summed E-state index contributed by atoms with van der Waals surface area (Å²) < 4.78 is 5.61. The Morgan fingerprint density at radius 3 is 2.96 bits per heavy atom. The summed E-state index contributed by atoms with van der Waals surface area (Å²) >= 11 is 1.62. The van der Waals surface area contributed by atoms with Gasteiger partial charge in [0.1, 0.15) is 17.6 Å². The van der Waals surface area contributed by atoms with Gasteiger partial charge in [0.2, 0.25) is 0 Å². The predicted molar refractivity (Wildman–Crippen MR) is 99.6 cm³/mol. The van der Waals surface area contributed by atoms with Gasteiger partial charge in [-0.2, -0.15) is 0 Å². The Morgan fingerprint density at radius 1 is 1.24 bits per heavy atom. The zero-order valence-electron chi connectivity index (χ0n) is 13.2. The number of fused-ring (bicyclic) bond motifs is 1. The summed E-state index contributed by atoms with van der Waals surface area (Å²) in [5, 5.41) is 5.22. The molecule has 0 aliphatic carbocycles. The zero-order chi connectivity index (χ0) is 17.1. The molecule has 6 heteroatoms. The predicted octanol–water partition coefficient (Wildman–Crippen LogP) is 3.58. The van der Waals surface area contributed by atoms with Crippen LogP contribution < -0.4 is 5.32 Å². The second kappa shape index (κ2) is 6.75. The molecule has 1 N–H and O–H groups in total. The van der Waals surface area contributed by atoms with E-state index in [1.165, 1.54) is 0 Å². The van der Waals surface area contributed by atoms with Gasteiger partial charge in [0.15, 0.2) is 11.6 Å². The molecule has 5 nitrogen and oxygen atoms in total. The Bertz CT molecular complexity index is 965. The number of furan rings is 1. The maximum absolute atomic E-state index is 5.61. The van der Waals surface area contributed by atoms with E-state index < -0.39 is 0 Å². The van der Waals surface area contributed by atoms with Gasteiger partial charge in [-0.1, -0.05) is 12.0 Å². The molecule has 1 aliphatic heterocycles. The van der Waals surface area contributed by atoms with E-state index in [1.807, 2.05) is 41.8 Å². The molecular weight excluding hydrogens is 332 g/mol. The smallest absolute Gasteiger partial charge is 0.163 e. The maximum Gasteiger partial charge on any atom is 0.163 e. The first kappa shape index (κ1) is 15.4. The van der Waals surface area contributed by atoms with Crippen LogP contribution in [0.5, 0.6) is 0 Å². The van der Waals surface area contributed by atoms with Gasteiger partial charge in [-0.3, -0.25) is 4.99 Å². The molecule has 4 rings (SSSR count). The molecule has 122 valence electrons. The number of nitrogens with zero attached hydrogens (tertiary/aromatic N) is 3. The zero-order valence-corrected chi connectivity index (χ0v) is 14.0.